The zero-order chi connectivity index (χ0) is 15.4. The van der Waals surface area contributed by atoms with E-state index >= 15 is 0 Å². The van der Waals surface area contributed by atoms with Crippen molar-refractivity contribution in [1.82, 2.24) is 0 Å². The zero-order valence-electron chi connectivity index (χ0n) is 12.3. The number of ether oxygens (including phenoxy) is 1. The normalized spacial score (nSPS) is 10.6. The average molecular weight is 288 g/mol. The van der Waals surface area contributed by atoms with Crippen LogP contribution in [0.25, 0.3) is 0 Å². The first-order valence-electron chi connectivity index (χ1n) is 6.89. The highest BCUT2D eigenvalue weighted by atomic mass is 16.5. The van der Waals surface area contributed by atoms with Gasteiger partial charge in [-0.15, -0.1) is 0 Å². The smallest absolute Gasteiger partial charge is 0.128 e. The number of benzene rings is 2. The Hall–Kier alpha value is -2.36. The summed E-state index contributed by atoms with van der Waals surface area (Å²) in [6.07, 6.45) is 2.32. The molecule has 2 aromatic carbocycles. The highest BCUT2D eigenvalue weighted by Crippen LogP contribution is 2.32. The van der Waals surface area contributed by atoms with Gasteiger partial charge in [0.25, 0.3) is 0 Å². The Balaban J connectivity index is 2.05. The maximum atomic E-state index is 9.75. The van der Waals surface area contributed by atoms with E-state index in [2.05, 4.69) is 0 Å². The summed E-state index contributed by atoms with van der Waals surface area (Å²) in [5, 5.41) is 28.7. The molecule has 0 bridgehead atoms. The minimum atomic E-state index is 0.0621. The lowest BCUT2D eigenvalue weighted by molar-refractivity contribution is 0.397. The third kappa shape index (κ3) is 3.40. The number of aryl methyl sites for hydroxylation is 2. The zero-order valence-corrected chi connectivity index (χ0v) is 12.3. The predicted molar refractivity (Wildman–Crippen MR) is 81.2 cm³/mol. The fourth-order valence-corrected chi connectivity index (χ4v) is 2.45. The van der Waals surface area contributed by atoms with Crippen LogP contribution in [0.2, 0.25) is 0 Å². The summed E-state index contributed by atoms with van der Waals surface area (Å²) in [6, 6.07) is 8.17. The summed E-state index contributed by atoms with van der Waals surface area (Å²) in [5.41, 5.74) is 2.58. The Morgan fingerprint density at radius 3 is 2.24 bits per heavy atom. The third-order valence-electron chi connectivity index (χ3n) is 3.62. The molecule has 0 fully saturated rings. The van der Waals surface area contributed by atoms with Crippen LogP contribution in [0.3, 0.4) is 0 Å². The molecule has 0 aliphatic rings. The molecular weight excluding hydrogens is 268 g/mol. The van der Waals surface area contributed by atoms with Crippen LogP contribution >= 0.6 is 0 Å². The second-order valence-corrected chi connectivity index (χ2v) is 5.07. The molecule has 2 rings (SSSR count). The Bertz CT molecular complexity index is 635. The van der Waals surface area contributed by atoms with Crippen molar-refractivity contribution in [2.75, 3.05) is 7.11 Å². The molecule has 0 atom stereocenters. The van der Waals surface area contributed by atoms with E-state index in [9.17, 15) is 15.3 Å². The Morgan fingerprint density at radius 2 is 1.57 bits per heavy atom. The number of aromatic hydroxyl groups is 3. The van der Waals surface area contributed by atoms with Gasteiger partial charge in [0.15, 0.2) is 0 Å². The molecule has 0 heterocycles. The Morgan fingerprint density at radius 1 is 0.905 bits per heavy atom. The predicted octanol–water partition coefficient (Wildman–Crippen LogP) is 3.30. The number of rotatable bonds is 5. The first kappa shape index (κ1) is 15.0. The molecule has 0 aliphatic heterocycles. The highest BCUT2D eigenvalue weighted by molar-refractivity contribution is 5.48. The van der Waals surface area contributed by atoms with Crippen LogP contribution < -0.4 is 4.74 Å². The average Bonchev–Trinajstić information content (AvgIpc) is 2.45. The van der Waals surface area contributed by atoms with E-state index in [1.165, 1.54) is 6.07 Å². The summed E-state index contributed by atoms with van der Waals surface area (Å²) in [4.78, 5) is 0. The third-order valence-corrected chi connectivity index (χ3v) is 3.62. The fraction of sp³-hybridized carbons (Fsp3) is 0.294. The molecular formula is C17H20O4. The van der Waals surface area contributed by atoms with Gasteiger partial charge in [-0.2, -0.15) is 0 Å². The SMILES string of the molecule is COc1c(CCCc2ccc(O)cc2O)ccc(O)c1C. The number of hydrogen-bond acceptors (Lipinski definition) is 4. The molecule has 3 N–H and O–H groups in total. The van der Waals surface area contributed by atoms with Gasteiger partial charge in [-0.25, -0.2) is 0 Å². The molecule has 0 spiro atoms. The van der Waals surface area contributed by atoms with E-state index in [4.69, 9.17) is 4.74 Å². The summed E-state index contributed by atoms with van der Waals surface area (Å²) in [6.45, 7) is 1.82. The number of methoxy groups -OCH3 is 1. The molecule has 0 radical (unpaired) electrons. The second kappa shape index (κ2) is 6.39. The van der Waals surface area contributed by atoms with E-state index in [-0.39, 0.29) is 17.2 Å². The minimum absolute atomic E-state index is 0.0621. The van der Waals surface area contributed by atoms with Crippen molar-refractivity contribution in [3.63, 3.8) is 0 Å². The molecule has 112 valence electrons. The van der Waals surface area contributed by atoms with Crippen molar-refractivity contribution in [2.24, 2.45) is 0 Å². The van der Waals surface area contributed by atoms with Crippen molar-refractivity contribution in [3.8, 4) is 23.0 Å². The van der Waals surface area contributed by atoms with Gasteiger partial charge in [-0.3, -0.25) is 0 Å². The van der Waals surface area contributed by atoms with E-state index in [1.807, 2.05) is 13.0 Å². The Labute approximate surface area is 124 Å². The van der Waals surface area contributed by atoms with Crippen molar-refractivity contribution >= 4 is 0 Å². The molecule has 2 aromatic rings. The van der Waals surface area contributed by atoms with Gasteiger partial charge in [0.05, 0.1) is 7.11 Å². The van der Waals surface area contributed by atoms with E-state index in [0.717, 1.165) is 29.5 Å². The summed E-state index contributed by atoms with van der Waals surface area (Å²) in [7, 11) is 1.59. The lowest BCUT2D eigenvalue weighted by atomic mass is 10.0. The van der Waals surface area contributed by atoms with Gasteiger partial charge in [0.1, 0.15) is 23.0 Å². The molecule has 0 aliphatic carbocycles. The molecule has 0 saturated carbocycles. The van der Waals surface area contributed by atoms with Gasteiger partial charge in [-0.05, 0) is 49.4 Å². The van der Waals surface area contributed by atoms with Gasteiger partial charge >= 0.3 is 0 Å². The first-order chi connectivity index (χ1) is 10.0. The van der Waals surface area contributed by atoms with E-state index in [1.54, 1.807) is 25.3 Å². The van der Waals surface area contributed by atoms with Gasteiger partial charge < -0.3 is 20.1 Å². The molecule has 0 amide bonds. The van der Waals surface area contributed by atoms with Crippen molar-refractivity contribution < 1.29 is 20.1 Å². The maximum Gasteiger partial charge on any atom is 0.128 e. The van der Waals surface area contributed by atoms with Crippen molar-refractivity contribution in [3.05, 3.63) is 47.0 Å². The summed E-state index contributed by atoms with van der Waals surface area (Å²) >= 11 is 0. The van der Waals surface area contributed by atoms with Crippen LogP contribution in [0.5, 0.6) is 23.0 Å². The standard InChI is InChI=1S/C17H20O4/c1-11-15(19)9-7-13(17(11)21-2)5-3-4-12-6-8-14(18)10-16(12)20/h6-10,18-20H,3-5H2,1-2H3. The van der Waals surface area contributed by atoms with E-state index < -0.39 is 0 Å². The molecule has 0 saturated heterocycles. The molecule has 0 unspecified atom stereocenters. The molecule has 4 heteroatoms. The fourth-order valence-electron chi connectivity index (χ4n) is 2.45. The van der Waals surface area contributed by atoms with Crippen LogP contribution in [0.1, 0.15) is 23.1 Å². The summed E-state index contributed by atoms with van der Waals surface area (Å²) in [5.74, 6) is 1.12. The lowest BCUT2D eigenvalue weighted by Gasteiger charge is -2.12. The molecule has 21 heavy (non-hydrogen) atoms. The number of phenolic OH excluding ortho intramolecular Hbond substituents is 3. The minimum Gasteiger partial charge on any atom is -0.508 e. The van der Waals surface area contributed by atoms with Crippen molar-refractivity contribution in [2.45, 2.75) is 26.2 Å². The van der Waals surface area contributed by atoms with Crippen LogP contribution in [-0.4, -0.2) is 22.4 Å². The van der Waals surface area contributed by atoms with E-state index in [0.29, 0.717) is 12.2 Å². The van der Waals surface area contributed by atoms with Gasteiger partial charge in [0.2, 0.25) is 0 Å². The number of phenols is 3. The van der Waals surface area contributed by atoms with Gasteiger partial charge in [-0.1, -0.05) is 12.1 Å². The van der Waals surface area contributed by atoms with Crippen LogP contribution in [0, 0.1) is 6.92 Å². The lowest BCUT2D eigenvalue weighted by Crippen LogP contribution is -1.97. The first-order valence-corrected chi connectivity index (χ1v) is 6.89. The monoisotopic (exact) mass is 288 g/mol. The Kier molecular flexibility index (Phi) is 4.58. The maximum absolute atomic E-state index is 9.75. The quantitative estimate of drug-likeness (QED) is 0.789. The highest BCUT2D eigenvalue weighted by Gasteiger charge is 2.10. The topological polar surface area (TPSA) is 69.9 Å². The van der Waals surface area contributed by atoms with Crippen molar-refractivity contribution in [1.29, 1.82) is 0 Å². The van der Waals surface area contributed by atoms with Gasteiger partial charge in [0, 0.05) is 11.6 Å². The molecule has 0 aromatic heterocycles. The van der Waals surface area contributed by atoms with Crippen LogP contribution in [-0.2, 0) is 12.8 Å². The van der Waals surface area contributed by atoms with Crippen LogP contribution in [0.15, 0.2) is 30.3 Å². The second-order valence-electron chi connectivity index (χ2n) is 5.07. The largest absolute Gasteiger partial charge is 0.508 e. The van der Waals surface area contributed by atoms with Crippen LogP contribution in [0.4, 0.5) is 0 Å². The summed E-state index contributed by atoms with van der Waals surface area (Å²) < 4.78 is 5.36. The molecule has 4 nitrogen and oxygen atoms in total. The number of hydrogen-bond donors (Lipinski definition) is 3.